The van der Waals surface area contributed by atoms with Crippen molar-refractivity contribution in [2.45, 2.75) is 19.4 Å². The number of nitrogens with one attached hydrogen (secondary N) is 2. The van der Waals surface area contributed by atoms with Gasteiger partial charge < -0.3 is 10.3 Å². The van der Waals surface area contributed by atoms with Crippen LogP contribution in [0.5, 0.6) is 0 Å². The van der Waals surface area contributed by atoms with E-state index in [0.717, 1.165) is 12.1 Å². The highest BCUT2D eigenvalue weighted by Crippen LogP contribution is 2.10. The second-order valence-electron chi connectivity index (χ2n) is 3.43. The van der Waals surface area contributed by atoms with Crippen LogP contribution in [-0.2, 0) is 17.8 Å². The summed E-state index contributed by atoms with van der Waals surface area (Å²) in [5.74, 6) is 0.0722. The molecule has 0 atom stereocenters. The number of aromatic amines is 1. The number of H-pyrrole nitrogens is 1. The van der Waals surface area contributed by atoms with Gasteiger partial charge in [0.15, 0.2) is 0 Å². The molecule has 2 heterocycles. The lowest BCUT2D eigenvalue weighted by atomic mass is 10.2. The first-order valence-electron chi connectivity index (χ1n) is 5.11. The number of carbonyl (C=O) groups is 1. The van der Waals surface area contributed by atoms with Crippen molar-refractivity contribution < 1.29 is 4.79 Å². The second kappa shape index (κ2) is 5.46. The zero-order valence-electron chi connectivity index (χ0n) is 8.77. The van der Waals surface area contributed by atoms with Crippen molar-refractivity contribution in [2.24, 2.45) is 0 Å². The fraction of sp³-hybridized carbons (Fsp3) is 0.273. The van der Waals surface area contributed by atoms with Crippen molar-refractivity contribution in [1.29, 1.82) is 0 Å². The predicted molar refractivity (Wildman–Crippen MR) is 63.1 cm³/mol. The van der Waals surface area contributed by atoms with E-state index in [0.29, 0.717) is 13.0 Å². The van der Waals surface area contributed by atoms with Gasteiger partial charge in [0.1, 0.15) is 0 Å². The molecule has 2 aromatic heterocycles. The van der Waals surface area contributed by atoms with Crippen LogP contribution in [0.4, 0.5) is 0 Å². The van der Waals surface area contributed by atoms with Crippen molar-refractivity contribution in [3.05, 3.63) is 40.6 Å². The third-order valence-electron chi connectivity index (χ3n) is 2.21. The molecule has 16 heavy (non-hydrogen) atoms. The van der Waals surface area contributed by atoms with Crippen LogP contribution in [0.3, 0.4) is 0 Å². The van der Waals surface area contributed by atoms with Gasteiger partial charge in [-0.15, -0.1) is 11.3 Å². The maximum Gasteiger partial charge on any atom is 0.220 e. The van der Waals surface area contributed by atoms with E-state index >= 15 is 0 Å². The summed E-state index contributed by atoms with van der Waals surface area (Å²) in [5.41, 5.74) is 0.921. The summed E-state index contributed by atoms with van der Waals surface area (Å²) in [6.07, 6.45) is 4.66. The number of hydrogen-bond acceptors (Lipinski definition) is 3. The van der Waals surface area contributed by atoms with Crippen LogP contribution in [0.15, 0.2) is 30.0 Å². The molecule has 0 aliphatic heterocycles. The highest BCUT2D eigenvalue weighted by Gasteiger charge is 2.03. The zero-order valence-corrected chi connectivity index (χ0v) is 9.59. The van der Waals surface area contributed by atoms with Gasteiger partial charge in [0, 0.05) is 17.5 Å². The molecule has 2 rings (SSSR count). The van der Waals surface area contributed by atoms with Crippen LogP contribution in [-0.4, -0.2) is 15.9 Å². The number of hydrogen-bond donors (Lipinski definition) is 2. The van der Waals surface area contributed by atoms with Crippen LogP contribution < -0.4 is 5.32 Å². The van der Waals surface area contributed by atoms with Gasteiger partial charge in [-0.05, 0) is 17.9 Å². The Morgan fingerprint density at radius 3 is 3.19 bits per heavy atom. The fourth-order valence-electron chi connectivity index (χ4n) is 1.36. The Bertz CT molecular complexity index is 382. The van der Waals surface area contributed by atoms with Crippen LogP contribution >= 0.6 is 11.3 Å². The molecule has 0 unspecified atom stereocenters. The summed E-state index contributed by atoms with van der Waals surface area (Å²) in [4.78, 5) is 19.6. The maximum atomic E-state index is 11.5. The van der Waals surface area contributed by atoms with Crippen molar-refractivity contribution in [3.8, 4) is 0 Å². The topological polar surface area (TPSA) is 57.8 Å². The maximum absolute atomic E-state index is 11.5. The summed E-state index contributed by atoms with van der Waals surface area (Å²) in [6, 6.07) is 4.05. The van der Waals surface area contributed by atoms with E-state index in [2.05, 4.69) is 15.3 Å². The molecule has 0 saturated heterocycles. The Morgan fingerprint density at radius 2 is 2.50 bits per heavy atom. The summed E-state index contributed by atoms with van der Waals surface area (Å²) in [7, 11) is 0. The molecule has 2 N–H and O–H groups in total. The highest BCUT2D eigenvalue weighted by atomic mass is 32.1. The largest absolute Gasteiger partial charge is 0.350 e. The SMILES string of the molecule is O=C(CCc1cccs1)NCc1cnc[nH]1. The van der Waals surface area contributed by atoms with Gasteiger partial charge in [-0.2, -0.15) is 0 Å². The van der Waals surface area contributed by atoms with Gasteiger partial charge in [0.2, 0.25) is 5.91 Å². The number of carbonyl (C=O) groups excluding carboxylic acids is 1. The second-order valence-corrected chi connectivity index (χ2v) is 4.47. The van der Waals surface area contributed by atoms with Crippen molar-refractivity contribution in [2.75, 3.05) is 0 Å². The molecule has 0 aliphatic carbocycles. The summed E-state index contributed by atoms with van der Waals surface area (Å²) in [6.45, 7) is 0.517. The first kappa shape index (κ1) is 10.9. The van der Waals surface area contributed by atoms with Gasteiger partial charge in [0.25, 0.3) is 0 Å². The Hall–Kier alpha value is -1.62. The molecule has 0 aliphatic rings. The van der Waals surface area contributed by atoms with Gasteiger partial charge in [-0.1, -0.05) is 6.07 Å². The average molecular weight is 235 g/mol. The van der Waals surface area contributed by atoms with E-state index in [9.17, 15) is 4.79 Å². The van der Waals surface area contributed by atoms with Crippen LogP contribution in [0.25, 0.3) is 0 Å². The Labute approximate surface area is 97.7 Å². The van der Waals surface area contributed by atoms with Crippen LogP contribution in [0, 0.1) is 0 Å². The first-order chi connectivity index (χ1) is 7.84. The molecule has 0 radical (unpaired) electrons. The Kier molecular flexibility index (Phi) is 3.71. The molecule has 0 fully saturated rings. The number of rotatable bonds is 5. The van der Waals surface area contributed by atoms with E-state index < -0.39 is 0 Å². The van der Waals surface area contributed by atoms with Gasteiger partial charge in [0.05, 0.1) is 18.6 Å². The normalized spacial score (nSPS) is 10.2. The summed E-state index contributed by atoms with van der Waals surface area (Å²) >= 11 is 1.68. The minimum absolute atomic E-state index is 0.0722. The number of aryl methyl sites for hydroxylation is 1. The van der Waals surface area contributed by atoms with Crippen molar-refractivity contribution in [1.82, 2.24) is 15.3 Å². The zero-order chi connectivity index (χ0) is 11.2. The molecule has 0 spiro atoms. The predicted octanol–water partition coefficient (Wildman–Crippen LogP) is 1.72. The van der Waals surface area contributed by atoms with Crippen LogP contribution in [0.1, 0.15) is 17.0 Å². The number of imidazole rings is 1. The Balaban J connectivity index is 1.69. The first-order valence-corrected chi connectivity index (χ1v) is 5.99. The van der Waals surface area contributed by atoms with E-state index in [1.54, 1.807) is 23.9 Å². The van der Waals surface area contributed by atoms with Gasteiger partial charge >= 0.3 is 0 Å². The molecule has 0 aromatic carbocycles. The van der Waals surface area contributed by atoms with E-state index in [1.807, 2.05) is 17.5 Å². The molecule has 0 bridgehead atoms. The highest BCUT2D eigenvalue weighted by molar-refractivity contribution is 7.09. The summed E-state index contributed by atoms with van der Waals surface area (Å²) < 4.78 is 0. The van der Waals surface area contributed by atoms with E-state index in [1.165, 1.54) is 4.88 Å². The molecule has 2 aromatic rings. The van der Waals surface area contributed by atoms with Crippen LogP contribution in [0.2, 0.25) is 0 Å². The van der Waals surface area contributed by atoms with Gasteiger partial charge in [-0.3, -0.25) is 4.79 Å². The lowest BCUT2D eigenvalue weighted by Gasteiger charge is -2.02. The monoisotopic (exact) mass is 235 g/mol. The Morgan fingerprint density at radius 1 is 1.56 bits per heavy atom. The number of thiophene rings is 1. The van der Waals surface area contributed by atoms with Crippen molar-refractivity contribution >= 4 is 17.2 Å². The quantitative estimate of drug-likeness (QED) is 0.829. The standard InChI is InChI=1S/C11H13N3OS/c15-11(4-3-10-2-1-5-16-10)13-7-9-6-12-8-14-9/h1-2,5-6,8H,3-4,7H2,(H,12,14)(H,13,15). The molecule has 84 valence electrons. The minimum atomic E-state index is 0.0722. The molecular weight excluding hydrogens is 222 g/mol. The molecule has 1 amide bonds. The fourth-order valence-corrected chi connectivity index (χ4v) is 2.06. The van der Waals surface area contributed by atoms with E-state index in [-0.39, 0.29) is 5.91 Å². The summed E-state index contributed by atoms with van der Waals surface area (Å²) in [5, 5.41) is 4.87. The number of amides is 1. The number of nitrogens with zero attached hydrogens (tertiary/aromatic N) is 1. The third kappa shape index (κ3) is 3.20. The van der Waals surface area contributed by atoms with E-state index in [4.69, 9.17) is 0 Å². The lowest BCUT2D eigenvalue weighted by Crippen LogP contribution is -2.23. The molecule has 4 nitrogen and oxygen atoms in total. The molecule has 5 heteroatoms. The number of aromatic nitrogens is 2. The lowest BCUT2D eigenvalue weighted by molar-refractivity contribution is -0.121. The minimum Gasteiger partial charge on any atom is -0.350 e. The third-order valence-corrected chi connectivity index (χ3v) is 3.15. The van der Waals surface area contributed by atoms with Gasteiger partial charge in [-0.25, -0.2) is 4.98 Å². The smallest absolute Gasteiger partial charge is 0.220 e. The van der Waals surface area contributed by atoms with Crippen molar-refractivity contribution in [3.63, 3.8) is 0 Å². The molecular formula is C11H13N3OS. The molecule has 0 saturated carbocycles. The average Bonchev–Trinajstić information content (AvgIpc) is 2.96.